The van der Waals surface area contributed by atoms with Gasteiger partial charge in [-0.05, 0) is 54.9 Å². The van der Waals surface area contributed by atoms with Crippen molar-refractivity contribution in [2.75, 3.05) is 0 Å². The second kappa shape index (κ2) is 9.55. The van der Waals surface area contributed by atoms with E-state index in [-0.39, 0.29) is 0 Å². The maximum Gasteiger partial charge on any atom is 0.279 e. The van der Waals surface area contributed by atoms with Gasteiger partial charge in [0, 0.05) is 4.88 Å². The molecule has 1 aromatic heterocycles. The van der Waals surface area contributed by atoms with Gasteiger partial charge in [0.15, 0.2) is 0 Å². The number of aryl methyl sites for hydroxylation is 1. The number of rotatable bonds is 5. The molecule has 9 heteroatoms. The number of amides is 3. The summed E-state index contributed by atoms with van der Waals surface area (Å²) in [6.45, 7) is 5.51. The van der Waals surface area contributed by atoms with Gasteiger partial charge < -0.3 is 5.32 Å². The van der Waals surface area contributed by atoms with Crippen molar-refractivity contribution in [2.24, 2.45) is 11.8 Å². The molecule has 1 aliphatic rings. The Kier molecular flexibility index (Phi) is 7.04. The number of nitrogens with one attached hydrogen (secondary N) is 3. The summed E-state index contributed by atoms with van der Waals surface area (Å²) >= 11 is 1.41. The van der Waals surface area contributed by atoms with Crippen LogP contribution in [-0.2, 0) is 17.6 Å². The molecule has 1 heterocycles. The average Bonchev–Trinajstić information content (AvgIpc) is 3.13. The van der Waals surface area contributed by atoms with E-state index >= 15 is 0 Å². The van der Waals surface area contributed by atoms with Crippen LogP contribution in [0.4, 0.5) is 8.78 Å². The molecule has 1 unspecified atom stereocenters. The Morgan fingerprint density at radius 1 is 1.10 bits per heavy atom. The third-order valence-corrected chi connectivity index (χ3v) is 6.51. The van der Waals surface area contributed by atoms with Crippen LogP contribution >= 0.6 is 11.3 Å². The van der Waals surface area contributed by atoms with Gasteiger partial charge in [0.2, 0.25) is 0 Å². The van der Waals surface area contributed by atoms with Crippen LogP contribution in [-0.4, -0.2) is 23.8 Å². The van der Waals surface area contributed by atoms with Crippen LogP contribution in [0.15, 0.2) is 24.3 Å². The lowest BCUT2D eigenvalue weighted by Crippen LogP contribution is -2.54. The Bertz CT molecular complexity index is 986. The number of hydrazine groups is 1. The number of benzene rings is 1. The third-order valence-electron chi connectivity index (χ3n) is 5.28. The summed E-state index contributed by atoms with van der Waals surface area (Å²) in [4.78, 5) is 39.1. The first-order valence-electron chi connectivity index (χ1n) is 10.1. The fourth-order valence-corrected chi connectivity index (χ4v) is 4.64. The van der Waals surface area contributed by atoms with E-state index in [1.54, 1.807) is 13.8 Å². The van der Waals surface area contributed by atoms with Crippen LogP contribution in [0.1, 0.15) is 57.7 Å². The van der Waals surface area contributed by atoms with Gasteiger partial charge in [-0.1, -0.05) is 26.8 Å². The molecule has 0 radical (unpaired) electrons. The monoisotopic (exact) mass is 449 g/mol. The normalized spacial score (nSPS) is 16.4. The molecule has 0 saturated heterocycles. The topological polar surface area (TPSA) is 87.3 Å². The minimum Gasteiger partial charge on any atom is -0.340 e. The molecule has 2 atom stereocenters. The lowest BCUT2D eigenvalue weighted by atomic mass is 9.90. The minimum atomic E-state index is -1.11. The van der Waals surface area contributed by atoms with E-state index in [2.05, 4.69) is 23.1 Å². The molecule has 166 valence electrons. The van der Waals surface area contributed by atoms with Crippen LogP contribution in [0, 0.1) is 23.5 Å². The molecular formula is C22H25F2N3O3S. The van der Waals surface area contributed by atoms with E-state index in [4.69, 9.17) is 0 Å². The predicted molar refractivity (Wildman–Crippen MR) is 114 cm³/mol. The lowest BCUT2D eigenvalue weighted by Gasteiger charge is -2.22. The number of carbonyl (C=O) groups is 3. The van der Waals surface area contributed by atoms with Crippen molar-refractivity contribution >= 4 is 29.1 Å². The van der Waals surface area contributed by atoms with Crippen molar-refractivity contribution in [1.29, 1.82) is 0 Å². The van der Waals surface area contributed by atoms with E-state index in [1.165, 1.54) is 21.8 Å². The zero-order chi connectivity index (χ0) is 22.7. The second-order valence-electron chi connectivity index (χ2n) is 8.14. The molecule has 1 aliphatic carbocycles. The van der Waals surface area contributed by atoms with E-state index in [0.29, 0.717) is 10.8 Å². The number of carbonyl (C=O) groups excluding carboxylic acids is 3. The van der Waals surface area contributed by atoms with Gasteiger partial charge in [0.05, 0.1) is 4.88 Å². The van der Waals surface area contributed by atoms with Crippen molar-refractivity contribution in [3.05, 3.63) is 56.8 Å². The van der Waals surface area contributed by atoms with Gasteiger partial charge in [-0.3, -0.25) is 25.2 Å². The average molecular weight is 450 g/mol. The molecule has 2 aromatic rings. The summed E-state index contributed by atoms with van der Waals surface area (Å²) < 4.78 is 27.7. The van der Waals surface area contributed by atoms with Crippen LogP contribution in [0.3, 0.4) is 0 Å². The van der Waals surface area contributed by atoms with Crippen molar-refractivity contribution in [3.63, 3.8) is 0 Å². The highest BCUT2D eigenvalue weighted by Crippen LogP contribution is 2.32. The second-order valence-corrected chi connectivity index (χ2v) is 9.28. The van der Waals surface area contributed by atoms with Crippen molar-refractivity contribution < 1.29 is 23.2 Å². The van der Waals surface area contributed by atoms with Crippen molar-refractivity contribution in [3.8, 4) is 0 Å². The van der Waals surface area contributed by atoms with Gasteiger partial charge in [-0.25, -0.2) is 8.78 Å². The number of fused-ring (bicyclic) bond motifs is 1. The number of thiophene rings is 1. The maximum atomic E-state index is 13.9. The maximum absolute atomic E-state index is 13.9. The van der Waals surface area contributed by atoms with Crippen LogP contribution in [0.5, 0.6) is 0 Å². The molecular weight excluding hydrogens is 424 g/mol. The first-order valence-corrected chi connectivity index (χ1v) is 11.0. The number of halogens is 2. The SMILES string of the molecule is CC1CCc2sc(C(=O)NNC(=O)[C@@H](NC(=O)c3c(F)cccc3F)C(C)C)cc2C1. The summed E-state index contributed by atoms with van der Waals surface area (Å²) in [5.74, 6) is -4.05. The quantitative estimate of drug-likeness (QED) is 0.612. The molecule has 0 saturated carbocycles. The highest BCUT2D eigenvalue weighted by Gasteiger charge is 2.28. The standard InChI is InChI=1S/C22H25F2N3O3S/c1-11(2)19(25-21(29)18-14(23)5-4-6-15(18)24)22(30)27-26-20(28)17-10-13-9-12(3)7-8-16(13)31-17/h4-6,10-12,19H,7-9H2,1-3H3,(H,25,29)(H,26,28)(H,27,30)/t12?,19-/m0/s1. The molecule has 3 amide bonds. The van der Waals surface area contributed by atoms with E-state index in [1.807, 2.05) is 6.07 Å². The smallest absolute Gasteiger partial charge is 0.279 e. The van der Waals surface area contributed by atoms with E-state index in [9.17, 15) is 23.2 Å². The lowest BCUT2D eigenvalue weighted by molar-refractivity contribution is -0.124. The Hall–Kier alpha value is -2.81. The highest BCUT2D eigenvalue weighted by atomic mass is 32.1. The molecule has 6 nitrogen and oxygen atoms in total. The summed E-state index contributed by atoms with van der Waals surface area (Å²) in [5, 5.41) is 2.34. The largest absolute Gasteiger partial charge is 0.340 e. The number of hydrogen-bond acceptors (Lipinski definition) is 4. The first kappa shape index (κ1) is 22.9. The zero-order valence-electron chi connectivity index (χ0n) is 17.6. The predicted octanol–water partition coefficient (Wildman–Crippen LogP) is 3.37. The third kappa shape index (κ3) is 5.28. The van der Waals surface area contributed by atoms with Crippen molar-refractivity contribution in [1.82, 2.24) is 16.2 Å². The molecule has 3 N–H and O–H groups in total. The number of hydrogen-bond donors (Lipinski definition) is 3. The Labute approximate surface area is 183 Å². The molecule has 31 heavy (non-hydrogen) atoms. The van der Waals surface area contributed by atoms with Crippen LogP contribution in [0.25, 0.3) is 0 Å². The Morgan fingerprint density at radius 3 is 2.42 bits per heavy atom. The summed E-state index contributed by atoms with van der Waals surface area (Å²) in [7, 11) is 0. The van der Waals surface area contributed by atoms with E-state index < -0.39 is 46.9 Å². The van der Waals surface area contributed by atoms with Gasteiger partial charge in [0.1, 0.15) is 23.2 Å². The van der Waals surface area contributed by atoms with Crippen LogP contribution < -0.4 is 16.2 Å². The molecule has 0 spiro atoms. The Morgan fingerprint density at radius 2 is 1.77 bits per heavy atom. The fraction of sp³-hybridized carbons (Fsp3) is 0.409. The molecule has 3 rings (SSSR count). The van der Waals surface area contributed by atoms with Gasteiger partial charge >= 0.3 is 0 Å². The first-order chi connectivity index (χ1) is 14.7. The van der Waals surface area contributed by atoms with Gasteiger partial charge in [-0.2, -0.15) is 0 Å². The molecule has 0 bridgehead atoms. The fourth-order valence-electron chi connectivity index (χ4n) is 3.54. The summed E-state index contributed by atoms with van der Waals surface area (Å²) in [5.41, 5.74) is 5.07. The van der Waals surface area contributed by atoms with Crippen molar-refractivity contribution in [2.45, 2.75) is 46.1 Å². The molecule has 0 fully saturated rings. The molecule has 1 aromatic carbocycles. The van der Waals surface area contributed by atoms with Crippen LogP contribution in [0.2, 0.25) is 0 Å². The zero-order valence-corrected chi connectivity index (χ0v) is 18.4. The highest BCUT2D eigenvalue weighted by molar-refractivity contribution is 7.14. The summed E-state index contributed by atoms with van der Waals surface area (Å²) in [6, 6.07) is 3.81. The summed E-state index contributed by atoms with van der Waals surface area (Å²) in [6.07, 6.45) is 2.96. The molecule has 0 aliphatic heterocycles. The Balaban J connectivity index is 1.63. The van der Waals surface area contributed by atoms with E-state index in [0.717, 1.165) is 37.5 Å². The van der Waals surface area contributed by atoms with Gasteiger partial charge in [-0.15, -0.1) is 11.3 Å². The van der Waals surface area contributed by atoms with Gasteiger partial charge in [0.25, 0.3) is 17.7 Å². The minimum absolute atomic E-state index is 0.397.